The Morgan fingerprint density at radius 2 is 2.53 bits per heavy atom. The van der Waals surface area contributed by atoms with Gasteiger partial charge in [-0.3, -0.25) is 0 Å². The van der Waals surface area contributed by atoms with Crippen molar-refractivity contribution in [2.45, 2.75) is 6.61 Å². The Morgan fingerprint density at radius 1 is 1.71 bits per heavy atom. The number of hydrogen-bond acceptors (Lipinski definition) is 3. The molecule has 0 unspecified atom stereocenters. The maximum absolute atomic E-state index is 6.30. The average molecular weight is 284 g/mol. The van der Waals surface area contributed by atoms with Crippen molar-refractivity contribution in [3.8, 4) is 0 Å². The maximum Gasteiger partial charge on any atom is 0.310 e. The van der Waals surface area contributed by atoms with Crippen LogP contribution in [0, 0.1) is 0 Å². The lowest BCUT2D eigenvalue weighted by Crippen LogP contribution is -2.16. The molecule has 1 aliphatic rings. The molecular formula is C11H11BClNOS2. The molecule has 6 heteroatoms. The first-order chi connectivity index (χ1) is 8.22. The van der Waals surface area contributed by atoms with Gasteiger partial charge in [0.15, 0.2) is 0 Å². The molecule has 0 saturated heterocycles. The second kappa shape index (κ2) is 5.91. The summed E-state index contributed by atoms with van der Waals surface area (Å²) < 4.78 is 6.06. The number of fused-ring (bicyclic) bond motifs is 1. The van der Waals surface area contributed by atoms with E-state index < -0.39 is 0 Å². The summed E-state index contributed by atoms with van der Waals surface area (Å²) in [7, 11) is 0.580. The van der Waals surface area contributed by atoms with E-state index in [9.17, 15) is 0 Å². The average Bonchev–Trinajstić information content (AvgIpc) is 2.79. The summed E-state index contributed by atoms with van der Waals surface area (Å²) in [4.78, 5) is 0. The van der Waals surface area contributed by atoms with Crippen molar-refractivity contribution in [2.24, 2.45) is 0 Å². The van der Waals surface area contributed by atoms with E-state index in [1.807, 2.05) is 18.2 Å². The molecule has 88 valence electrons. The summed E-state index contributed by atoms with van der Waals surface area (Å²) in [6.45, 7) is 4.30. The van der Waals surface area contributed by atoms with E-state index in [4.69, 9.17) is 28.5 Å². The number of hydrogen-bond donors (Lipinski definition) is 1. The van der Waals surface area contributed by atoms with Crippen molar-refractivity contribution >= 4 is 58.5 Å². The third-order valence-corrected chi connectivity index (χ3v) is 4.07. The van der Waals surface area contributed by atoms with E-state index in [1.54, 1.807) is 0 Å². The van der Waals surface area contributed by atoms with Gasteiger partial charge in [-0.25, -0.2) is 0 Å². The van der Waals surface area contributed by atoms with E-state index in [0.29, 0.717) is 23.4 Å². The first-order valence-corrected chi connectivity index (χ1v) is 6.92. The van der Waals surface area contributed by atoms with E-state index >= 15 is 0 Å². The monoisotopic (exact) mass is 283 g/mol. The summed E-state index contributed by atoms with van der Waals surface area (Å²) in [5, 5.41) is 3.84. The zero-order valence-electron chi connectivity index (χ0n) is 9.16. The highest BCUT2D eigenvalue weighted by Crippen LogP contribution is 2.24. The zero-order chi connectivity index (χ0) is 12.3. The van der Waals surface area contributed by atoms with Gasteiger partial charge in [-0.15, -0.1) is 6.58 Å². The lowest BCUT2D eigenvalue weighted by molar-refractivity contribution is 0.345. The van der Waals surface area contributed by atoms with Crippen LogP contribution in [-0.4, -0.2) is 17.6 Å². The molecule has 0 fully saturated rings. The van der Waals surface area contributed by atoms with E-state index in [2.05, 4.69) is 11.9 Å². The van der Waals surface area contributed by atoms with Gasteiger partial charge in [0, 0.05) is 5.75 Å². The fourth-order valence-electron chi connectivity index (χ4n) is 1.59. The van der Waals surface area contributed by atoms with Crippen LogP contribution in [0.1, 0.15) is 5.56 Å². The molecule has 17 heavy (non-hydrogen) atoms. The number of anilines is 1. The molecule has 0 spiro atoms. The number of benzene rings is 1. The Morgan fingerprint density at radius 3 is 3.29 bits per heavy atom. The van der Waals surface area contributed by atoms with Gasteiger partial charge in [-0.1, -0.05) is 47.7 Å². The van der Waals surface area contributed by atoms with Crippen molar-refractivity contribution in [2.75, 3.05) is 11.1 Å². The number of nitrogens with one attached hydrogen (secondary N) is 1. The molecule has 0 saturated carbocycles. The lowest BCUT2D eigenvalue weighted by atomic mass is 9.87. The van der Waals surface area contributed by atoms with Crippen molar-refractivity contribution in [1.82, 2.24) is 0 Å². The topological polar surface area (TPSA) is 21.3 Å². The molecule has 0 atom stereocenters. The predicted octanol–water partition coefficient (Wildman–Crippen LogP) is 2.46. The van der Waals surface area contributed by atoms with Crippen molar-refractivity contribution in [1.29, 1.82) is 0 Å². The molecule has 0 bridgehead atoms. The molecule has 1 aromatic carbocycles. The molecule has 2 nitrogen and oxygen atoms in total. The Kier molecular flexibility index (Phi) is 4.51. The van der Waals surface area contributed by atoms with Gasteiger partial charge in [0.1, 0.15) is 4.32 Å². The van der Waals surface area contributed by atoms with Crippen LogP contribution in [0.3, 0.4) is 0 Å². The SMILES string of the molecule is C=CCSC(=S)Nc1ccc2c(c1Cl)BOC2. The predicted molar refractivity (Wildman–Crippen MR) is 81.9 cm³/mol. The van der Waals surface area contributed by atoms with Gasteiger partial charge in [0.05, 0.1) is 17.3 Å². The van der Waals surface area contributed by atoms with Gasteiger partial charge in [-0.2, -0.15) is 0 Å². The maximum atomic E-state index is 6.30. The van der Waals surface area contributed by atoms with Crippen LogP contribution in [-0.2, 0) is 11.3 Å². The van der Waals surface area contributed by atoms with E-state index in [0.717, 1.165) is 22.5 Å². The molecular weight excluding hydrogens is 273 g/mol. The number of thioether (sulfide) groups is 1. The Bertz CT molecular complexity index is 467. The number of rotatable bonds is 3. The summed E-state index contributed by atoms with van der Waals surface area (Å²) >= 11 is 13.0. The molecule has 0 aromatic heterocycles. The number of halogens is 1. The molecule has 1 N–H and O–H groups in total. The highest BCUT2D eigenvalue weighted by Gasteiger charge is 2.18. The molecule has 1 aromatic rings. The van der Waals surface area contributed by atoms with Gasteiger partial charge in [0.25, 0.3) is 0 Å². The molecule has 1 aliphatic heterocycles. The van der Waals surface area contributed by atoms with Crippen molar-refractivity contribution in [3.63, 3.8) is 0 Å². The standard InChI is InChI=1S/C11H11BClNOS2/c1-2-5-17-11(16)14-8-4-3-7-6-15-12-9(7)10(8)13/h2-4,12H,1,5-6H2,(H,14,16). The minimum Gasteiger partial charge on any atom is -0.430 e. The second-order valence-electron chi connectivity index (χ2n) is 3.57. The zero-order valence-corrected chi connectivity index (χ0v) is 11.6. The Balaban J connectivity index is 2.12. The van der Waals surface area contributed by atoms with Gasteiger partial charge in [-0.05, 0) is 17.1 Å². The van der Waals surface area contributed by atoms with Crippen LogP contribution < -0.4 is 10.8 Å². The van der Waals surface area contributed by atoms with E-state index in [1.165, 1.54) is 11.8 Å². The van der Waals surface area contributed by atoms with Crippen LogP contribution in [0.5, 0.6) is 0 Å². The first-order valence-electron chi connectivity index (χ1n) is 5.15. The minimum absolute atomic E-state index is 0.580. The van der Waals surface area contributed by atoms with E-state index in [-0.39, 0.29) is 0 Å². The highest BCUT2D eigenvalue weighted by atomic mass is 35.5. The Hall–Kier alpha value is -0.485. The lowest BCUT2D eigenvalue weighted by Gasteiger charge is -2.10. The van der Waals surface area contributed by atoms with Crippen molar-refractivity contribution < 1.29 is 4.65 Å². The van der Waals surface area contributed by atoms with Crippen LogP contribution in [0.15, 0.2) is 24.8 Å². The first kappa shape index (κ1) is 13.0. The second-order valence-corrected chi connectivity index (χ2v) is 5.64. The molecule has 1 heterocycles. The summed E-state index contributed by atoms with van der Waals surface area (Å²) in [6.07, 6.45) is 1.82. The molecule has 0 radical (unpaired) electrons. The normalized spacial score (nSPS) is 12.8. The summed E-state index contributed by atoms with van der Waals surface area (Å²) in [5.74, 6) is 0.789. The van der Waals surface area contributed by atoms with Crippen molar-refractivity contribution in [3.05, 3.63) is 35.4 Å². The van der Waals surface area contributed by atoms with Crippen LogP contribution in [0.2, 0.25) is 5.02 Å². The fraction of sp³-hybridized carbons (Fsp3) is 0.182. The molecule has 0 amide bonds. The van der Waals surface area contributed by atoms with Crippen LogP contribution in [0.25, 0.3) is 0 Å². The van der Waals surface area contributed by atoms with Gasteiger partial charge >= 0.3 is 7.48 Å². The third kappa shape index (κ3) is 3.04. The summed E-state index contributed by atoms with van der Waals surface area (Å²) in [5.41, 5.74) is 3.07. The van der Waals surface area contributed by atoms with Crippen LogP contribution >= 0.6 is 35.6 Å². The van der Waals surface area contributed by atoms with Crippen LogP contribution in [0.4, 0.5) is 5.69 Å². The quantitative estimate of drug-likeness (QED) is 0.522. The number of thiocarbonyl (C=S) groups is 1. The smallest absolute Gasteiger partial charge is 0.310 e. The molecule has 2 rings (SSSR count). The fourth-order valence-corrected chi connectivity index (χ4v) is 2.64. The summed E-state index contributed by atoms with van der Waals surface area (Å²) in [6, 6.07) is 3.97. The van der Waals surface area contributed by atoms with Gasteiger partial charge in [0.2, 0.25) is 0 Å². The van der Waals surface area contributed by atoms with Gasteiger partial charge < -0.3 is 9.97 Å². The third-order valence-electron chi connectivity index (χ3n) is 2.41. The Labute approximate surface area is 116 Å². The minimum atomic E-state index is 0.580. The molecule has 0 aliphatic carbocycles. The highest BCUT2D eigenvalue weighted by molar-refractivity contribution is 8.23. The largest absolute Gasteiger partial charge is 0.430 e.